The summed E-state index contributed by atoms with van der Waals surface area (Å²) in [6.45, 7) is 6.52. The van der Waals surface area contributed by atoms with Crippen molar-refractivity contribution in [1.29, 1.82) is 0 Å². The highest BCUT2D eigenvalue weighted by molar-refractivity contribution is 5.92. The molecule has 126 valence electrons. The van der Waals surface area contributed by atoms with E-state index in [2.05, 4.69) is 50.4 Å². The number of carbonyl (C=O) groups excluding carboxylic acids is 1. The smallest absolute Gasteiger partial charge is 0.335 e. The molecule has 2 N–H and O–H groups in total. The molecule has 2 aromatic rings. The molecule has 0 saturated carbocycles. The predicted octanol–water partition coefficient (Wildman–Crippen LogP) is 4.25. The van der Waals surface area contributed by atoms with Crippen LogP contribution in [0, 0.1) is 0 Å². The van der Waals surface area contributed by atoms with Gasteiger partial charge in [-0.1, -0.05) is 45.0 Å². The van der Waals surface area contributed by atoms with Gasteiger partial charge in [-0.05, 0) is 47.2 Å². The quantitative estimate of drug-likeness (QED) is 0.863. The Hall–Kier alpha value is -2.62. The molecule has 1 amide bonds. The van der Waals surface area contributed by atoms with Gasteiger partial charge in [0.05, 0.1) is 5.56 Å². The van der Waals surface area contributed by atoms with Crippen molar-refractivity contribution >= 4 is 17.6 Å². The number of anilines is 1. The minimum atomic E-state index is -0.980. The van der Waals surface area contributed by atoms with Gasteiger partial charge in [0.1, 0.15) is 0 Å². The van der Waals surface area contributed by atoms with E-state index in [0.717, 1.165) is 5.56 Å². The predicted molar refractivity (Wildman–Crippen MR) is 95.5 cm³/mol. The summed E-state index contributed by atoms with van der Waals surface area (Å²) in [6.07, 6.45) is 1.05. The lowest BCUT2D eigenvalue weighted by atomic mass is 9.86. The number of nitrogens with one attached hydrogen (secondary N) is 1. The van der Waals surface area contributed by atoms with Crippen LogP contribution in [-0.2, 0) is 16.6 Å². The first-order chi connectivity index (χ1) is 11.3. The Balaban J connectivity index is 1.87. The van der Waals surface area contributed by atoms with Gasteiger partial charge in [0.15, 0.2) is 0 Å². The SMILES string of the molecule is CC(C)(C)c1ccc(CCC(=O)Nc2ccc(C(=O)O)cc2)cc1. The molecule has 0 heterocycles. The van der Waals surface area contributed by atoms with Gasteiger partial charge in [0.2, 0.25) is 5.91 Å². The van der Waals surface area contributed by atoms with Crippen molar-refractivity contribution in [3.05, 3.63) is 65.2 Å². The van der Waals surface area contributed by atoms with Crippen molar-refractivity contribution in [3.63, 3.8) is 0 Å². The van der Waals surface area contributed by atoms with Crippen LogP contribution in [0.2, 0.25) is 0 Å². The standard InChI is InChI=1S/C20H23NO3/c1-20(2,3)16-9-4-14(5-10-16)6-13-18(22)21-17-11-7-15(8-12-17)19(23)24/h4-5,7-12H,6,13H2,1-3H3,(H,21,22)(H,23,24). The van der Waals surface area contributed by atoms with E-state index in [1.807, 2.05) is 0 Å². The molecule has 2 rings (SSSR count). The van der Waals surface area contributed by atoms with E-state index < -0.39 is 5.97 Å². The van der Waals surface area contributed by atoms with Crippen molar-refractivity contribution < 1.29 is 14.7 Å². The minimum absolute atomic E-state index is 0.0852. The molecule has 0 bridgehead atoms. The normalized spacial score (nSPS) is 11.1. The number of carbonyl (C=O) groups is 2. The molecule has 0 spiro atoms. The lowest BCUT2D eigenvalue weighted by Crippen LogP contribution is -2.13. The number of aromatic carboxylic acids is 1. The van der Waals surface area contributed by atoms with Crippen molar-refractivity contribution in [2.45, 2.75) is 39.0 Å². The maximum absolute atomic E-state index is 12.0. The zero-order valence-corrected chi connectivity index (χ0v) is 14.3. The molecule has 0 atom stereocenters. The largest absolute Gasteiger partial charge is 0.478 e. The van der Waals surface area contributed by atoms with Gasteiger partial charge >= 0.3 is 5.97 Å². The van der Waals surface area contributed by atoms with Crippen LogP contribution in [0.4, 0.5) is 5.69 Å². The number of amides is 1. The van der Waals surface area contributed by atoms with Crippen LogP contribution in [0.5, 0.6) is 0 Å². The second-order valence-electron chi connectivity index (χ2n) is 6.88. The molecule has 0 aliphatic carbocycles. The number of aryl methyl sites for hydroxylation is 1. The summed E-state index contributed by atoms with van der Waals surface area (Å²) in [5, 5.41) is 11.6. The summed E-state index contributed by atoms with van der Waals surface area (Å²) in [6, 6.07) is 14.5. The van der Waals surface area contributed by atoms with E-state index in [9.17, 15) is 9.59 Å². The fraction of sp³-hybridized carbons (Fsp3) is 0.300. The second kappa shape index (κ2) is 7.30. The summed E-state index contributed by atoms with van der Waals surface area (Å²) in [4.78, 5) is 22.8. The Labute approximate surface area is 142 Å². The molecule has 0 fully saturated rings. The first-order valence-corrected chi connectivity index (χ1v) is 7.98. The number of carboxylic acids is 1. The molecule has 0 saturated heterocycles. The van der Waals surface area contributed by atoms with Crippen LogP contribution in [0.25, 0.3) is 0 Å². The maximum Gasteiger partial charge on any atom is 0.335 e. The van der Waals surface area contributed by atoms with E-state index in [-0.39, 0.29) is 16.9 Å². The Kier molecular flexibility index (Phi) is 5.39. The molecule has 0 aliphatic heterocycles. The Bertz CT molecular complexity index is 710. The van der Waals surface area contributed by atoms with Crippen LogP contribution in [0.15, 0.2) is 48.5 Å². The highest BCUT2D eigenvalue weighted by Gasteiger charge is 2.13. The monoisotopic (exact) mass is 325 g/mol. The molecular formula is C20H23NO3. The van der Waals surface area contributed by atoms with E-state index in [4.69, 9.17) is 5.11 Å². The molecule has 4 heteroatoms. The maximum atomic E-state index is 12.0. The molecule has 2 aromatic carbocycles. The van der Waals surface area contributed by atoms with Gasteiger partial charge < -0.3 is 10.4 Å². The molecule has 0 radical (unpaired) electrons. The highest BCUT2D eigenvalue weighted by Crippen LogP contribution is 2.22. The zero-order chi connectivity index (χ0) is 17.7. The lowest BCUT2D eigenvalue weighted by Gasteiger charge is -2.19. The Morgan fingerprint density at radius 1 is 0.958 bits per heavy atom. The van der Waals surface area contributed by atoms with Crippen LogP contribution >= 0.6 is 0 Å². The van der Waals surface area contributed by atoms with E-state index in [0.29, 0.717) is 18.5 Å². The number of benzene rings is 2. The summed E-state index contributed by atoms with van der Waals surface area (Å²) in [7, 11) is 0. The summed E-state index contributed by atoms with van der Waals surface area (Å²) < 4.78 is 0. The Morgan fingerprint density at radius 3 is 2.04 bits per heavy atom. The summed E-state index contributed by atoms with van der Waals surface area (Å²) >= 11 is 0. The molecule has 0 aliphatic rings. The average molecular weight is 325 g/mol. The minimum Gasteiger partial charge on any atom is -0.478 e. The first-order valence-electron chi connectivity index (χ1n) is 7.98. The van der Waals surface area contributed by atoms with Crippen molar-refractivity contribution in [1.82, 2.24) is 0 Å². The number of carboxylic acid groups (broad SMARTS) is 1. The third-order valence-corrected chi connectivity index (χ3v) is 3.88. The molecule has 0 unspecified atom stereocenters. The van der Waals surface area contributed by atoms with Gasteiger partial charge in [0.25, 0.3) is 0 Å². The molecule has 0 aromatic heterocycles. The number of hydrogen-bond acceptors (Lipinski definition) is 2. The van der Waals surface area contributed by atoms with Gasteiger partial charge in [-0.3, -0.25) is 4.79 Å². The number of hydrogen-bond donors (Lipinski definition) is 2. The van der Waals surface area contributed by atoms with Gasteiger partial charge in [-0.25, -0.2) is 4.79 Å². The third kappa shape index (κ3) is 4.95. The molecule has 24 heavy (non-hydrogen) atoms. The van der Waals surface area contributed by atoms with Gasteiger partial charge in [-0.15, -0.1) is 0 Å². The van der Waals surface area contributed by atoms with Crippen molar-refractivity contribution in [2.24, 2.45) is 0 Å². The lowest BCUT2D eigenvalue weighted by molar-refractivity contribution is -0.116. The van der Waals surface area contributed by atoms with Gasteiger partial charge in [0, 0.05) is 12.1 Å². The average Bonchev–Trinajstić information content (AvgIpc) is 2.53. The van der Waals surface area contributed by atoms with Crippen LogP contribution in [-0.4, -0.2) is 17.0 Å². The van der Waals surface area contributed by atoms with Crippen LogP contribution in [0.1, 0.15) is 48.7 Å². The fourth-order valence-electron chi connectivity index (χ4n) is 2.35. The fourth-order valence-corrected chi connectivity index (χ4v) is 2.35. The second-order valence-corrected chi connectivity index (χ2v) is 6.88. The van der Waals surface area contributed by atoms with Crippen molar-refractivity contribution in [3.8, 4) is 0 Å². The van der Waals surface area contributed by atoms with Crippen LogP contribution in [0.3, 0.4) is 0 Å². The first kappa shape index (κ1) is 17.7. The molecule has 4 nitrogen and oxygen atoms in total. The highest BCUT2D eigenvalue weighted by atomic mass is 16.4. The van der Waals surface area contributed by atoms with E-state index in [1.54, 1.807) is 12.1 Å². The summed E-state index contributed by atoms with van der Waals surface area (Å²) in [5.41, 5.74) is 3.33. The third-order valence-electron chi connectivity index (χ3n) is 3.88. The topological polar surface area (TPSA) is 66.4 Å². The van der Waals surface area contributed by atoms with E-state index >= 15 is 0 Å². The van der Waals surface area contributed by atoms with Gasteiger partial charge in [-0.2, -0.15) is 0 Å². The van der Waals surface area contributed by atoms with Crippen LogP contribution < -0.4 is 5.32 Å². The number of rotatable bonds is 5. The Morgan fingerprint density at radius 2 is 1.54 bits per heavy atom. The zero-order valence-electron chi connectivity index (χ0n) is 14.3. The molecular weight excluding hydrogens is 302 g/mol. The van der Waals surface area contributed by atoms with E-state index in [1.165, 1.54) is 17.7 Å². The summed E-state index contributed by atoms with van der Waals surface area (Å²) in [5.74, 6) is -1.07. The van der Waals surface area contributed by atoms with Crippen molar-refractivity contribution in [2.75, 3.05) is 5.32 Å².